The Morgan fingerprint density at radius 3 is 2.40 bits per heavy atom. The predicted molar refractivity (Wildman–Crippen MR) is 79.7 cm³/mol. The molecule has 0 bridgehead atoms. The molecular formula is C14H16Cl3O3-. The molecule has 0 aliphatic heterocycles. The molecule has 0 radical (unpaired) electrons. The van der Waals surface area contributed by atoms with Gasteiger partial charge >= 0.3 is 0 Å². The van der Waals surface area contributed by atoms with Crippen molar-refractivity contribution in [3.05, 3.63) is 27.2 Å². The molecule has 112 valence electrons. The predicted octanol–water partition coefficient (Wildman–Crippen LogP) is 4.11. The molecule has 0 aromatic heterocycles. The minimum absolute atomic E-state index is 0.200. The molecule has 1 unspecified atom stereocenters. The lowest BCUT2D eigenvalue weighted by atomic mass is 10.1. The van der Waals surface area contributed by atoms with Crippen LogP contribution in [0.4, 0.5) is 0 Å². The van der Waals surface area contributed by atoms with E-state index in [4.69, 9.17) is 39.5 Å². The van der Waals surface area contributed by atoms with E-state index in [1.165, 1.54) is 12.1 Å². The van der Waals surface area contributed by atoms with Crippen LogP contribution in [0.25, 0.3) is 0 Å². The highest BCUT2D eigenvalue weighted by Crippen LogP contribution is 2.34. The van der Waals surface area contributed by atoms with Crippen LogP contribution in [0.2, 0.25) is 15.1 Å². The number of carboxylic acid groups (broad SMARTS) is 1. The van der Waals surface area contributed by atoms with Crippen molar-refractivity contribution < 1.29 is 14.6 Å². The first-order valence-electron chi connectivity index (χ1n) is 6.47. The lowest BCUT2D eigenvalue weighted by molar-refractivity contribution is -0.313. The second-order valence-corrected chi connectivity index (χ2v) is 5.69. The average molecular weight is 339 g/mol. The van der Waals surface area contributed by atoms with E-state index in [1.54, 1.807) is 0 Å². The van der Waals surface area contributed by atoms with Crippen LogP contribution >= 0.6 is 34.8 Å². The van der Waals surface area contributed by atoms with E-state index in [0.717, 1.165) is 25.7 Å². The third kappa shape index (κ3) is 5.39. The van der Waals surface area contributed by atoms with Crippen molar-refractivity contribution in [2.45, 2.75) is 45.1 Å². The van der Waals surface area contributed by atoms with Gasteiger partial charge in [0.15, 0.2) is 0 Å². The summed E-state index contributed by atoms with van der Waals surface area (Å²) in [6.07, 6.45) is 3.19. The number of carboxylic acids is 1. The second kappa shape index (κ2) is 8.60. The summed E-state index contributed by atoms with van der Waals surface area (Å²) in [6, 6.07) is 2.83. The van der Waals surface area contributed by atoms with Gasteiger partial charge in [0.25, 0.3) is 0 Å². The maximum absolute atomic E-state index is 11.1. The minimum atomic E-state index is -1.26. The number of rotatable bonds is 8. The zero-order valence-electron chi connectivity index (χ0n) is 11.1. The summed E-state index contributed by atoms with van der Waals surface area (Å²) in [7, 11) is 0. The van der Waals surface area contributed by atoms with Crippen molar-refractivity contribution in [2.75, 3.05) is 0 Å². The summed E-state index contributed by atoms with van der Waals surface area (Å²) < 4.78 is 5.39. The number of unbranched alkanes of at least 4 members (excludes halogenated alkanes) is 3. The molecule has 0 N–H and O–H groups in total. The van der Waals surface area contributed by atoms with Crippen LogP contribution in [0.1, 0.15) is 39.0 Å². The Labute approximate surface area is 133 Å². The van der Waals surface area contributed by atoms with Crippen molar-refractivity contribution >= 4 is 40.8 Å². The van der Waals surface area contributed by atoms with E-state index in [9.17, 15) is 9.90 Å². The fourth-order valence-electron chi connectivity index (χ4n) is 1.73. The molecule has 6 heteroatoms. The SMILES string of the molecule is CCCCCCC(Oc1cc(Cl)c(Cl)cc1Cl)C(=O)[O-]. The zero-order chi connectivity index (χ0) is 15.1. The Balaban J connectivity index is 2.70. The summed E-state index contributed by atoms with van der Waals surface area (Å²) in [5.41, 5.74) is 0. The van der Waals surface area contributed by atoms with E-state index < -0.39 is 12.1 Å². The standard InChI is InChI=1S/C14H17Cl3O3/c1-2-3-4-5-6-12(14(18)19)20-13-8-10(16)9(15)7-11(13)17/h7-8,12H,2-6H2,1H3,(H,18,19)/p-1. The quantitative estimate of drug-likeness (QED) is 0.529. The number of halogens is 3. The summed E-state index contributed by atoms with van der Waals surface area (Å²) in [5, 5.41) is 11.9. The fourth-order valence-corrected chi connectivity index (χ4v) is 2.31. The van der Waals surface area contributed by atoms with Gasteiger partial charge in [-0.1, -0.05) is 61.0 Å². The molecule has 0 saturated carbocycles. The number of aliphatic carboxylic acids is 1. The van der Waals surface area contributed by atoms with E-state index in [2.05, 4.69) is 6.92 Å². The van der Waals surface area contributed by atoms with Crippen LogP contribution in [0.5, 0.6) is 5.75 Å². The van der Waals surface area contributed by atoms with Crippen LogP contribution in [-0.2, 0) is 4.79 Å². The molecule has 1 rings (SSSR count). The highest BCUT2D eigenvalue weighted by atomic mass is 35.5. The molecule has 0 spiro atoms. The number of benzene rings is 1. The van der Waals surface area contributed by atoms with Crippen molar-refractivity contribution in [2.24, 2.45) is 0 Å². The normalized spacial score (nSPS) is 12.2. The van der Waals surface area contributed by atoms with Crippen LogP contribution in [0.15, 0.2) is 12.1 Å². The Morgan fingerprint density at radius 2 is 1.80 bits per heavy atom. The molecule has 1 aromatic carbocycles. The Bertz CT molecular complexity index is 463. The Hall–Kier alpha value is -0.640. The molecule has 1 atom stereocenters. The Morgan fingerprint density at radius 1 is 1.15 bits per heavy atom. The van der Waals surface area contributed by atoms with Crippen molar-refractivity contribution in [1.29, 1.82) is 0 Å². The average Bonchev–Trinajstić information content (AvgIpc) is 2.38. The largest absolute Gasteiger partial charge is 0.546 e. The lowest BCUT2D eigenvalue weighted by Gasteiger charge is -2.21. The van der Waals surface area contributed by atoms with Gasteiger partial charge in [0, 0.05) is 6.07 Å². The van der Waals surface area contributed by atoms with Crippen LogP contribution in [-0.4, -0.2) is 12.1 Å². The molecule has 0 saturated heterocycles. The third-order valence-corrected chi connectivity index (χ3v) is 3.84. The van der Waals surface area contributed by atoms with Crippen LogP contribution in [0.3, 0.4) is 0 Å². The third-order valence-electron chi connectivity index (χ3n) is 2.83. The molecular weight excluding hydrogens is 323 g/mol. The van der Waals surface area contributed by atoms with E-state index in [0.29, 0.717) is 6.42 Å². The number of carbonyl (C=O) groups excluding carboxylic acids is 1. The molecule has 20 heavy (non-hydrogen) atoms. The van der Waals surface area contributed by atoms with Gasteiger partial charge in [0.2, 0.25) is 0 Å². The van der Waals surface area contributed by atoms with Gasteiger partial charge in [-0.15, -0.1) is 0 Å². The summed E-state index contributed by atoms with van der Waals surface area (Å²) in [4.78, 5) is 11.1. The van der Waals surface area contributed by atoms with Crippen LogP contribution < -0.4 is 9.84 Å². The van der Waals surface area contributed by atoms with Gasteiger partial charge in [-0.2, -0.15) is 0 Å². The van der Waals surface area contributed by atoms with Gasteiger partial charge in [-0.25, -0.2) is 0 Å². The first kappa shape index (κ1) is 17.4. The Kier molecular flexibility index (Phi) is 7.49. The molecule has 0 fully saturated rings. The van der Waals surface area contributed by atoms with Gasteiger partial charge in [0.05, 0.1) is 21.0 Å². The molecule has 0 aliphatic rings. The highest BCUT2D eigenvalue weighted by molar-refractivity contribution is 6.43. The van der Waals surface area contributed by atoms with Crippen molar-refractivity contribution in [1.82, 2.24) is 0 Å². The second-order valence-electron chi connectivity index (χ2n) is 4.47. The van der Waals surface area contributed by atoms with E-state index in [-0.39, 0.29) is 20.8 Å². The molecule has 0 heterocycles. The van der Waals surface area contributed by atoms with E-state index >= 15 is 0 Å². The maximum Gasteiger partial charge on any atom is 0.140 e. The molecule has 1 aromatic rings. The van der Waals surface area contributed by atoms with Gasteiger partial charge < -0.3 is 14.6 Å². The number of hydrogen-bond donors (Lipinski definition) is 0. The van der Waals surface area contributed by atoms with Crippen molar-refractivity contribution in [3.8, 4) is 5.75 Å². The molecule has 3 nitrogen and oxygen atoms in total. The first-order valence-corrected chi connectivity index (χ1v) is 7.61. The van der Waals surface area contributed by atoms with Gasteiger partial charge in [0.1, 0.15) is 11.9 Å². The number of ether oxygens (including phenoxy) is 1. The highest BCUT2D eigenvalue weighted by Gasteiger charge is 2.15. The lowest BCUT2D eigenvalue weighted by Crippen LogP contribution is -2.39. The summed E-state index contributed by atoms with van der Waals surface area (Å²) in [6.45, 7) is 2.09. The smallest absolute Gasteiger partial charge is 0.140 e. The first-order chi connectivity index (χ1) is 9.45. The van der Waals surface area contributed by atoms with Gasteiger partial charge in [-0.05, 0) is 18.9 Å². The fraction of sp³-hybridized carbons (Fsp3) is 0.500. The topological polar surface area (TPSA) is 49.4 Å². The maximum atomic E-state index is 11.1. The monoisotopic (exact) mass is 337 g/mol. The summed E-state index contributed by atoms with van der Waals surface area (Å²) in [5.74, 6) is -1.06. The molecule has 0 aliphatic carbocycles. The number of carbonyl (C=O) groups is 1. The number of hydrogen-bond acceptors (Lipinski definition) is 3. The van der Waals surface area contributed by atoms with Crippen LogP contribution in [0, 0.1) is 0 Å². The van der Waals surface area contributed by atoms with Crippen molar-refractivity contribution in [3.63, 3.8) is 0 Å². The zero-order valence-corrected chi connectivity index (χ0v) is 13.4. The summed E-state index contributed by atoms with van der Waals surface area (Å²) >= 11 is 17.6. The van der Waals surface area contributed by atoms with E-state index in [1.807, 2.05) is 0 Å². The molecule has 0 amide bonds. The van der Waals surface area contributed by atoms with Gasteiger partial charge in [-0.3, -0.25) is 0 Å². The minimum Gasteiger partial charge on any atom is -0.546 e.